The fraction of sp³-hybridized carbons (Fsp3) is 0.667. The topological polar surface area (TPSA) is 35.5 Å². The molecule has 0 spiro atoms. The minimum absolute atomic E-state index is 0.419. The van der Waals surface area contributed by atoms with Crippen LogP contribution in [0.4, 0.5) is 0 Å². The van der Waals surface area contributed by atoms with Gasteiger partial charge in [0.05, 0.1) is 0 Å². The molecule has 76 valence electrons. The van der Waals surface area contributed by atoms with E-state index < -0.39 is 20.6 Å². The highest BCUT2D eigenvalue weighted by molar-refractivity contribution is 6.69. The van der Waals surface area contributed by atoms with Crippen molar-refractivity contribution in [2.24, 2.45) is 0 Å². The van der Waals surface area contributed by atoms with Gasteiger partial charge in [0, 0.05) is 12.5 Å². The summed E-state index contributed by atoms with van der Waals surface area (Å²) in [6.07, 6.45) is 1.40. The smallest absolute Gasteiger partial charge is 0.332 e. The van der Waals surface area contributed by atoms with Crippen LogP contribution in [0.5, 0.6) is 0 Å². The molecule has 13 heavy (non-hydrogen) atoms. The molecular formula is C9H18O3Si. The summed E-state index contributed by atoms with van der Waals surface area (Å²) in [6, 6.07) is 0. The van der Waals surface area contributed by atoms with Gasteiger partial charge in [-0.1, -0.05) is 13.5 Å². The van der Waals surface area contributed by atoms with E-state index in [2.05, 4.69) is 26.2 Å². The Morgan fingerprint density at radius 3 is 2.38 bits per heavy atom. The highest BCUT2D eigenvalue weighted by Crippen LogP contribution is 2.11. The largest absolute Gasteiger partial charge is 0.434 e. The average Bonchev–Trinajstić information content (AvgIpc) is 2.00. The second kappa shape index (κ2) is 5.19. The number of ether oxygens (including phenoxy) is 1. The first kappa shape index (κ1) is 12.4. The van der Waals surface area contributed by atoms with Gasteiger partial charge < -0.3 is 9.16 Å². The number of hydrogen-bond donors (Lipinski definition) is 0. The Bertz CT molecular complexity index is 184. The van der Waals surface area contributed by atoms with Gasteiger partial charge in [0.25, 0.3) is 0 Å². The molecule has 0 fully saturated rings. The van der Waals surface area contributed by atoms with Gasteiger partial charge in [-0.3, -0.25) is 0 Å². The van der Waals surface area contributed by atoms with Crippen molar-refractivity contribution in [2.75, 3.05) is 0 Å². The van der Waals surface area contributed by atoms with E-state index in [0.29, 0.717) is 6.42 Å². The number of hydrogen-bond acceptors (Lipinski definition) is 3. The number of carbonyl (C=O) groups excluding carboxylic acids is 1. The molecule has 1 atom stereocenters. The molecule has 0 bridgehead atoms. The van der Waals surface area contributed by atoms with Crippen molar-refractivity contribution in [2.45, 2.75) is 39.3 Å². The monoisotopic (exact) mass is 202 g/mol. The Labute approximate surface area is 80.9 Å². The number of esters is 1. The maximum absolute atomic E-state index is 10.9. The van der Waals surface area contributed by atoms with Gasteiger partial charge in [-0.2, -0.15) is 0 Å². The van der Waals surface area contributed by atoms with E-state index in [9.17, 15) is 4.79 Å². The number of carbonyl (C=O) groups is 1. The Balaban J connectivity index is 4.04. The third kappa shape index (κ3) is 6.54. The van der Waals surface area contributed by atoms with Crippen molar-refractivity contribution in [3.05, 3.63) is 12.7 Å². The lowest BCUT2D eigenvalue weighted by Gasteiger charge is -2.24. The summed E-state index contributed by atoms with van der Waals surface area (Å²) in [5.41, 5.74) is 0. The van der Waals surface area contributed by atoms with E-state index in [1.54, 1.807) is 0 Å². The molecule has 0 aliphatic carbocycles. The fourth-order valence-electron chi connectivity index (χ4n) is 0.763. The quantitative estimate of drug-likeness (QED) is 0.297. The molecule has 0 saturated heterocycles. The average molecular weight is 202 g/mol. The Kier molecular flexibility index (Phi) is 4.94. The van der Waals surface area contributed by atoms with E-state index in [1.807, 2.05) is 6.92 Å². The van der Waals surface area contributed by atoms with Gasteiger partial charge in [-0.15, -0.1) is 0 Å². The predicted octanol–water partition coefficient (Wildman–Crippen LogP) is 2.30. The van der Waals surface area contributed by atoms with Crippen molar-refractivity contribution in [1.82, 2.24) is 0 Å². The van der Waals surface area contributed by atoms with Crippen LogP contribution >= 0.6 is 0 Å². The zero-order valence-corrected chi connectivity index (χ0v) is 9.79. The molecule has 1 unspecified atom stereocenters. The molecule has 4 heteroatoms. The first-order valence-electron chi connectivity index (χ1n) is 4.40. The van der Waals surface area contributed by atoms with Crippen molar-refractivity contribution in [3.8, 4) is 0 Å². The van der Waals surface area contributed by atoms with Crippen molar-refractivity contribution in [3.63, 3.8) is 0 Å². The molecule has 3 nitrogen and oxygen atoms in total. The Morgan fingerprint density at radius 1 is 1.54 bits per heavy atom. The lowest BCUT2D eigenvalue weighted by molar-refractivity contribution is -0.158. The maximum Gasteiger partial charge on any atom is 0.332 e. The summed E-state index contributed by atoms with van der Waals surface area (Å²) in [5, 5.41) is 0. The van der Waals surface area contributed by atoms with Crippen LogP contribution in [0.1, 0.15) is 13.3 Å². The zero-order valence-electron chi connectivity index (χ0n) is 8.79. The van der Waals surface area contributed by atoms with Gasteiger partial charge in [0.2, 0.25) is 0 Å². The predicted molar refractivity (Wildman–Crippen MR) is 54.8 cm³/mol. The third-order valence-corrected chi connectivity index (χ3v) is 2.20. The normalized spacial score (nSPS) is 13.5. The molecule has 0 saturated carbocycles. The molecular weight excluding hydrogens is 184 g/mol. The van der Waals surface area contributed by atoms with Crippen molar-refractivity contribution < 1.29 is 14.0 Å². The van der Waals surface area contributed by atoms with Gasteiger partial charge >= 0.3 is 5.97 Å². The fourth-order valence-corrected chi connectivity index (χ4v) is 1.77. The molecule has 0 aliphatic heterocycles. The molecule has 0 aromatic heterocycles. The molecule has 0 aromatic carbocycles. The molecule has 0 amide bonds. The van der Waals surface area contributed by atoms with Gasteiger partial charge in [-0.25, -0.2) is 4.79 Å². The molecule has 0 N–H and O–H groups in total. The first-order valence-corrected chi connectivity index (χ1v) is 7.80. The van der Waals surface area contributed by atoms with Gasteiger partial charge in [0.1, 0.15) is 0 Å². The van der Waals surface area contributed by atoms with Crippen LogP contribution in [-0.4, -0.2) is 20.6 Å². The number of rotatable bonds is 5. The standard InChI is InChI=1S/C9H18O3Si/c1-6-8(10)11-9(7-2)12-13(3,4)5/h6,9H,1,7H2,2-5H3. The summed E-state index contributed by atoms with van der Waals surface area (Å²) in [6.45, 7) is 11.4. The maximum atomic E-state index is 10.9. The Hall–Kier alpha value is -0.613. The lowest BCUT2D eigenvalue weighted by Crippen LogP contribution is -2.34. The molecule has 0 heterocycles. The molecule has 0 aliphatic rings. The summed E-state index contributed by atoms with van der Waals surface area (Å²) < 4.78 is 10.6. The SMILES string of the molecule is C=CC(=O)OC(CC)O[Si](C)(C)C. The van der Waals surface area contributed by atoms with Crippen LogP contribution in [0, 0.1) is 0 Å². The molecule has 0 rings (SSSR count). The summed E-state index contributed by atoms with van der Waals surface area (Å²) in [4.78, 5) is 10.9. The van der Waals surface area contributed by atoms with Crippen LogP contribution in [0.25, 0.3) is 0 Å². The highest BCUT2D eigenvalue weighted by Gasteiger charge is 2.21. The van der Waals surface area contributed by atoms with E-state index in [0.717, 1.165) is 6.08 Å². The van der Waals surface area contributed by atoms with Crippen LogP contribution in [-0.2, 0) is 14.0 Å². The van der Waals surface area contributed by atoms with Crippen LogP contribution in [0.3, 0.4) is 0 Å². The van der Waals surface area contributed by atoms with E-state index in [1.165, 1.54) is 0 Å². The molecule has 0 radical (unpaired) electrons. The van der Waals surface area contributed by atoms with Gasteiger partial charge in [0.15, 0.2) is 14.6 Å². The van der Waals surface area contributed by atoms with Crippen molar-refractivity contribution in [1.29, 1.82) is 0 Å². The van der Waals surface area contributed by atoms with Crippen molar-refractivity contribution >= 4 is 14.3 Å². The first-order chi connectivity index (χ1) is 5.89. The highest BCUT2D eigenvalue weighted by atomic mass is 28.4. The van der Waals surface area contributed by atoms with E-state index >= 15 is 0 Å². The summed E-state index contributed by atoms with van der Waals surface area (Å²) >= 11 is 0. The minimum atomic E-state index is -1.63. The summed E-state index contributed by atoms with van der Waals surface area (Å²) in [7, 11) is -1.63. The molecule has 0 aromatic rings. The van der Waals surface area contributed by atoms with E-state index in [4.69, 9.17) is 9.16 Å². The van der Waals surface area contributed by atoms with Crippen LogP contribution in [0.2, 0.25) is 19.6 Å². The second-order valence-corrected chi connectivity index (χ2v) is 8.17. The van der Waals surface area contributed by atoms with Crippen LogP contribution in [0.15, 0.2) is 12.7 Å². The third-order valence-electron chi connectivity index (χ3n) is 1.23. The summed E-state index contributed by atoms with van der Waals surface area (Å²) in [5.74, 6) is -0.426. The minimum Gasteiger partial charge on any atom is -0.434 e. The Morgan fingerprint density at radius 2 is 2.08 bits per heavy atom. The van der Waals surface area contributed by atoms with Crippen LogP contribution < -0.4 is 0 Å². The van der Waals surface area contributed by atoms with E-state index in [-0.39, 0.29) is 0 Å². The van der Waals surface area contributed by atoms with Gasteiger partial charge in [-0.05, 0) is 19.6 Å². The lowest BCUT2D eigenvalue weighted by atomic mass is 10.5. The second-order valence-electron chi connectivity index (χ2n) is 3.71. The zero-order chi connectivity index (χ0) is 10.5.